The summed E-state index contributed by atoms with van der Waals surface area (Å²) in [6, 6.07) is 5.41. The molecule has 6 heteroatoms. The van der Waals surface area contributed by atoms with Crippen molar-refractivity contribution in [1.82, 2.24) is 0 Å². The van der Waals surface area contributed by atoms with Crippen LogP contribution in [-0.4, -0.2) is 18.2 Å². The Bertz CT molecular complexity index is 726. The van der Waals surface area contributed by atoms with Crippen molar-refractivity contribution in [2.45, 2.75) is 58.2 Å². The van der Waals surface area contributed by atoms with E-state index in [-0.39, 0.29) is 0 Å². The van der Waals surface area contributed by atoms with Crippen LogP contribution in [0.2, 0.25) is 0 Å². The molecule has 0 atom stereocenters. The highest BCUT2D eigenvalue weighted by Crippen LogP contribution is 2.42. The van der Waals surface area contributed by atoms with E-state index >= 15 is 0 Å². The lowest BCUT2D eigenvalue weighted by Gasteiger charge is -2.34. The van der Waals surface area contributed by atoms with Crippen LogP contribution in [-0.2, 0) is 31.0 Å². The second-order valence-corrected chi connectivity index (χ2v) is 7.01. The number of hydrogen-bond donors (Lipinski definition) is 0. The maximum Gasteiger partial charge on any atom is 0.235 e. The first-order chi connectivity index (χ1) is 11.0. The van der Waals surface area contributed by atoms with Crippen molar-refractivity contribution in [3.63, 3.8) is 0 Å². The third-order valence-electron chi connectivity index (χ3n) is 3.97. The van der Waals surface area contributed by atoms with Crippen molar-refractivity contribution in [2.24, 2.45) is 15.0 Å². The predicted octanol–water partition coefficient (Wildman–Crippen LogP) is 3.40. The molecule has 1 aromatic rings. The third kappa shape index (κ3) is 3.81. The van der Waals surface area contributed by atoms with Crippen molar-refractivity contribution in [2.75, 3.05) is 0 Å². The van der Waals surface area contributed by atoms with Gasteiger partial charge in [0, 0.05) is 0 Å². The minimum Gasteiger partial charge on any atom is -0.211 e. The molecule has 0 aliphatic rings. The molecule has 0 amide bonds. The van der Waals surface area contributed by atoms with Crippen LogP contribution in [0.25, 0.3) is 0 Å². The summed E-state index contributed by atoms with van der Waals surface area (Å²) in [5.74, 6) is 0. The summed E-state index contributed by atoms with van der Waals surface area (Å²) >= 11 is 0. The van der Waals surface area contributed by atoms with Gasteiger partial charge in [0.05, 0.1) is 16.6 Å². The zero-order chi connectivity index (χ0) is 18.6. The summed E-state index contributed by atoms with van der Waals surface area (Å²) in [6.45, 7) is 10.5. The number of benzene rings is 1. The van der Waals surface area contributed by atoms with Crippen LogP contribution in [0.5, 0.6) is 0 Å². The van der Waals surface area contributed by atoms with Gasteiger partial charge in [-0.1, -0.05) is 18.2 Å². The molecule has 0 saturated carbocycles. The maximum absolute atomic E-state index is 10.9. The Balaban J connectivity index is 3.98. The van der Waals surface area contributed by atoms with E-state index in [1.54, 1.807) is 65.8 Å². The number of aliphatic imine (C=N–C) groups is 3. The molecule has 0 aliphatic heterocycles. The molecule has 0 fully saturated rings. The van der Waals surface area contributed by atoms with Crippen LogP contribution < -0.4 is 0 Å². The lowest BCUT2D eigenvalue weighted by atomic mass is 9.75. The highest BCUT2D eigenvalue weighted by Gasteiger charge is 2.37. The van der Waals surface area contributed by atoms with Gasteiger partial charge in [-0.25, -0.2) is 14.4 Å². The first kappa shape index (κ1) is 19.4. The van der Waals surface area contributed by atoms with E-state index in [2.05, 4.69) is 15.0 Å². The van der Waals surface area contributed by atoms with Gasteiger partial charge in [-0.05, 0) is 58.2 Å². The summed E-state index contributed by atoms with van der Waals surface area (Å²) in [7, 11) is 0. The van der Waals surface area contributed by atoms with Gasteiger partial charge in [-0.15, -0.1) is 0 Å². The first-order valence-corrected chi connectivity index (χ1v) is 7.45. The SMILES string of the molecule is CC(C)(N=C=O)c1cccc(C(C)(C)N=C=O)c1C(C)(C)N=C=O. The fraction of sp³-hybridized carbons (Fsp3) is 0.500. The van der Waals surface area contributed by atoms with Gasteiger partial charge in [-0.3, -0.25) is 0 Å². The van der Waals surface area contributed by atoms with Gasteiger partial charge in [0.1, 0.15) is 0 Å². The van der Waals surface area contributed by atoms with E-state index < -0.39 is 16.6 Å². The van der Waals surface area contributed by atoms with Gasteiger partial charge in [0.25, 0.3) is 0 Å². The van der Waals surface area contributed by atoms with Gasteiger partial charge in [0.2, 0.25) is 18.2 Å². The number of nitrogens with zero attached hydrogens (tertiary/aromatic N) is 3. The summed E-state index contributed by atoms with van der Waals surface area (Å²) in [4.78, 5) is 44.2. The average Bonchev–Trinajstić information content (AvgIpc) is 2.46. The Morgan fingerprint density at radius 3 is 1.33 bits per heavy atom. The van der Waals surface area contributed by atoms with Crippen LogP contribution in [0.15, 0.2) is 33.2 Å². The lowest BCUT2D eigenvalue weighted by Crippen LogP contribution is -2.29. The Morgan fingerprint density at radius 2 is 1.00 bits per heavy atom. The van der Waals surface area contributed by atoms with Gasteiger partial charge in [0.15, 0.2) is 0 Å². The van der Waals surface area contributed by atoms with Crippen molar-refractivity contribution in [3.05, 3.63) is 34.9 Å². The van der Waals surface area contributed by atoms with Gasteiger partial charge in [-0.2, -0.15) is 15.0 Å². The van der Waals surface area contributed by atoms with E-state index in [0.29, 0.717) is 16.7 Å². The Morgan fingerprint density at radius 1 is 0.667 bits per heavy atom. The highest BCUT2D eigenvalue weighted by atomic mass is 16.1. The molecule has 126 valence electrons. The second-order valence-electron chi connectivity index (χ2n) is 7.01. The highest BCUT2D eigenvalue weighted by molar-refractivity contribution is 5.51. The average molecular weight is 327 g/mol. The standard InChI is InChI=1S/C18H21N3O3/c1-16(2,19-10-22)13-8-7-9-14(17(3,4)20-11-23)15(13)18(5,6)21-12-24/h7-9H,1-6H3. The summed E-state index contributed by atoms with van der Waals surface area (Å²) < 4.78 is 0. The molecular formula is C18H21N3O3. The van der Waals surface area contributed by atoms with Crippen LogP contribution in [0.3, 0.4) is 0 Å². The third-order valence-corrected chi connectivity index (χ3v) is 3.97. The molecule has 0 saturated heterocycles. The fourth-order valence-electron chi connectivity index (χ4n) is 2.75. The van der Waals surface area contributed by atoms with Crippen molar-refractivity contribution < 1.29 is 14.4 Å². The normalized spacial score (nSPS) is 11.8. The topological polar surface area (TPSA) is 88.3 Å². The number of carbonyl (C=O) groups excluding carboxylic acids is 3. The molecular weight excluding hydrogens is 306 g/mol. The summed E-state index contributed by atoms with van der Waals surface area (Å²) in [6.07, 6.45) is 4.75. The number of rotatable bonds is 6. The molecule has 0 aromatic heterocycles. The van der Waals surface area contributed by atoms with Gasteiger partial charge >= 0.3 is 0 Å². The Labute approximate surface area is 141 Å². The molecule has 0 aliphatic carbocycles. The van der Waals surface area contributed by atoms with Crippen LogP contribution in [0, 0.1) is 0 Å². The van der Waals surface area contributed by atoms with Crippen LogP contribution in [0.4, 0.5) is 0 Å². The summed E-state index contributed by atoms with van der Waals surface area (Å²) in [5, 5.41) is 0. The molecule has 0 radical (unpaired) electrons. The van der Waals surface area contributed by atoms with E-state index in [4.69, 9.17) is 0 Å². The minimum atomic E-state index is -0.945. The molecule has 1 aromatic carbocycles. The predicted molar refractivity (Wildman–Crippen MR) is 89.9 cm³/mol. The molecule has 24 heavy (non-hydrogen) atoms. The van der Waals surface area contributed by atoms with E-state index in [1.807, 2.05) is 12.1 Å². The molecule has 1 rings (SSSR count). The molecule has 0 unspecified atom stereocenters. The minimum absolute atomic E-state index is 0.668. The van der Waals surface area contributed by atoms with Gasteiger partial charge < -0.3 is 0 Å². The lowest BCUT2D eigenvalue weighted by molar-refractivity contribution is 0.459. The number of isocyanates is 3. The quantitative estimate of drug-likeness (QED) is 0.592. The second kappa shape index (κ2) is 6.86. The summed E-state index contributed by atoms with van der Waals surface area (Å²) in [5.41, 5.74) is -0.656. The molecule has 0 bridgehead atoms. The Kier molecular flexibility index (Phi) is 5.54. The molecule has 0 spiro atoms. The monoisotopic (exact) mass is 327 g/mol. The van der Waals surface area contributed by atoms with Crippen molar-refractivity contribution in [1.29, 1.82) is 0 Å². The van der Waals surface area contributed by atoms with Crippen LogP contribution in [0.1, 0.15) is 58.2 Å². The van der Waals surface area contributed by atoms with Crippen LogP contribution >= 0.6 is 0 Å². The zero-order valence-corrected chi connectivity index (χ0v) is 14.8. The van der Waals surface area contributed by atoms with E-state index in [0.717, 1.165) is 0 Å². The van der Waals surface area contributed by atoms with E-state index in [1.165, 1.54) is 0 Å². The smallest absolute Gasteiger partial charge is 0.211 e. The maximum atomic E-state index is 10.9. The Hall–Kier alpha value is -2.64. The molecule has 6 nitrogen and oxygen atoms in total. The largest absolute Gasteiger partial charge is 0.235 e. The molecule has 0 heterocycles. The molecule has 0 N–H and O–H groups in total. The van der Waals surface area contributed by atoms with Crippen molar-refractivity contribution in [3.8, 4) is 0 Å². The zero-order valence-electron chi connectivity index (χ0n) is 14.8. The number of hydrogen-bond acceptors (Lipinski definition) is 6. The van der Waals surface area contributed by atoms with E-state index in [9.17, 15) is 14.4 Å². The first-order valence-electron chi connectivity index (χ1n) is 7.45. The van der Waals surface area contributed by atoms with Crippen molar-refractivity contribution >= 4 is 18.2 Å². The fourth-order valence-corrected chi connectivity index (χ4v) is 2.75.